The third-order valence-corrected chi connectivity index (χ3v) is 3.55. The smallest absolute Gasteiger partial charge is 0.399 e. The summed E-state index contributed by atoms with van der Waals surface area (Å²) >= 11 is 0. The lowest BCUT2D eigenvalue weighted by molar-refractivity contribution is 0.00578. The van der Waals surface area contributed by atoms with Gasteiger partial charge in [0.15, 0.2) is 0 Å². The summed E-state index contributed by atoms with van der Waals surface area (Å²) in [6.07, 6.45) is 0. The molecular formula is C12H17BN2O2. The van der Waals surface area contributed by atoms with E-state index in [9.17, 15) is 0 Å². The van der Waals surface area contributed by atoms with Crippen molar-refractivity contribution in [1.82, 2.24) is 0 Å². The Labute approximate surface area is 102 Å². The highest BCUT2D eigenvalue weighted by Gasteiger charge is 2.51. The topological polar surface area (TPSA) is 54.7 Å². The van der Waals surface area contributed by atoms with E-state index in [0.29, 0.717) is 5.69 Å². The summed E-state index contributed by atoms with van der Waals surface area (Å²) in [5.41, 5.74) is 7.85. The first-order valence-corrected chi connectivity index (χ1v) is 5.69. The van der Waals surface area contributed by atoms with Crippen LogP contribution in [-0.4, -0.2) is 18.3 Å². The van der Waals surface area contributed by atoms with E-state index in [-0.39, 0.29) is 18.3 Å². The van der Waals surface area contributed by atoms with Crippen LogP contribution in [0.5, 0.6) is 0 Å². The van der Waals surface area contributed by atoms with Gasteiger partial charge in [-0.3, -0.25) is 0 Å². The van der Waals surface area contributed by atoms with Crippen LogP contribution in [0.1, 0.15) is 27.7 Å². The minimum Gasteiger partial charge on any atom is -0.399 e. The number of rotatable bonds is 2. The first-order valence-electron chi connectivity index (χ1n) is 5.69. The first kappa shape index (κ1) is 12.3. The Morgan fingerprint density at radius 1 is 1.00 bits per heavy atom. The third kappa shape index (κ3) is 2.12. The largest absolute Gasteiger partial charge is 0.494 e. The van der Waals surface area contributed by atoms with Gasteiger partial charge in [0.05, 0.1) is 16.9 Å². The lowest BCUT2D eigenvalue weighted by Gasteiger charge is -2.32. The van der Waals surface area contributed by atoms with E-state index in [1.54, 1.807) is 12.1 Å². The summed E-state index contributed by atoms with van der Waals surface area (Å²) in [6, 6.07) is 7.34. The Bertz CT molecular complexity index is 413. The average molecular weight is 232 g/mol. The van der Waals surface area contributed by atoms with Crippen LogP contribution in [0, 0.1) is 5.53 Å². The molecule has 0 aliphatic carbocycles. The molecule has 1 aromatic carbocycles. The van der Waals surface area contributed by atoms with Crippen LogP contribution in [0.2, 0.25) is 0 Å². The maximum Gasteiger partial charge on any atom is 0.494 e. The lowest BCUT2D eigenvalue weighted by atomic mass is 9.79. The molecule has 0 saturated carbocycles. The molecule has 0 spiro atoms. The Hall–Kier alpha value is -1.20. The van der Waals surface area contributed by atoms with Crippen LogP contribution in [-0.2, 0) is 9.31 Å². The fourth-order valence-corrected chi connectivity index (χ4v) is 1.69. The van der Waals surface area contributed by atoms with Gasteiger partial charge in [-0.2, -0.15) is 5.11 Å². The van der Waals surface area contributed by atoms with Gasteiger partial charge in [-0.1, -0.05) is 12.1 Å². The molecular weight excluding hydrogens is 215 g/mol. The molecule has 0 radical (unpaired) electrons. The molecule has 1 aromatic rings. The summed E-state index contributed by atoms with van der Waals surface area (Å²) < 4.78 is 11.8. The highest BCUT2D eigenvalue weighted by Crippen LogP contribution is 2.36. The molecule has 4 nitrogen and oxygen atoms in total. The van der Waals surface area contributed by atoms with Gasteiger partial charge in [0.2, 0.25) is 0 Å². The van der Waals surface area contributed by atoms with Crippen molar-refractivity contribution in [3.05, 3.63) is 24.3 Å². The number of benzene rings is 1. The average Bonchev–Trinajstić information content (AvgIpc) is 2.48. The minimum absolute atomic E-state index is 0.323. The van der Waals surface area contributed by atoms with Crippen LogP contribution in [0.4, 0.5) is 5.69 Å². The quantitative estimate of drug-likeness (QED) is 0.629. The molecule has 2 rings (SSSR count). The van der Waals surface area contributed by atoms with Crippen LogP contribution in [0.3, 0.4) is 0 Å². The molecule has 0 bridgehead atoms. The zero-order chi connectivity index (χ0) is 12.7. The molecule has 0 atom stereocenters. The lowest BCUT2D eigenvalue weighted by Crippen LogP contribution is -2.41. The molecule has 0 aromatic heterocycles. The molecule has 1 saturated heterocycles. The van der Waals surface area contributed by atoms with E-state index in [1.807, 2.05) is 39.8 Å². The minimum atomic E-state index is -0.347. The fourth-order valence-electron chi connectivity index (χ4n) is 1.69. The normalized spacial score (nSPS) is 21.5. The van der Waals surface area contributed by atoms with Gasteiger partial charge < -0.3 is 9.31 Å². The zero-order valence-corrected chi connectivity index (χ0v) is 10.7. The van der Waals surface area contributed by atoms with Crippen molar-refractivity contribution in [2.24, 2.45) is 5.11 Å². The van der Waals surface area contributed by atoms with Crippen molar-refractivity contribution < 1.29 is 9.31 Å². The van der Waals surface area contributed by atoms with Gasteiger partial charge in [0.25, 0.3) is 0 Å². The fraction of sp³-hybridized carbons (Fsp3) is 0.500. The van der Waals surface area contributed by atoms with Crippen molar-refractivity contribution in [2.75, 3.05) is 0 Å². The Kier molecular flexibility index (Phi) is 2.83. The predicted octanol–water partition coefficient (Wildman–Crippen LogP) is 2.65. The van der Waals surface area contributed by atoms with Crippen molar-refractivity contribution in [2.45, 2.75) is 38.9 Å². The third-order valence-electron chi connectivity index (χ3n) is 3.55. The molecule has 0 unspecified atom stereocenters. The van der Waals surface area contributed by atoms with Gasteiger partial charge in [0.1, 0.15) is 0 Å². The monoisotopic (exact) mass is 232 g/mol. The summed E-state index contributed by atoms with van der Waals surface area (Å²) in [6.45, 7) is 8.11. The van der Waals surface area contributed by atoms with Crippen LogP contribution >= 0.6 is 0 Å². The van der Waals surface area contributed by atoms with Crippen molar-refractivity contribution >= 4 is 18.3 Å². The van der Waals surface area contributed by atoms with Gasteiger partial charge >= 0.3 is 7.12 Å². The highest BCUT2D eigenvalue weighted by atomic mass is 16.7. The maximum atomic E-state index is 6.91. The van der Waals surface area contributed by atoms with E-state index >= 15 is 0 Å². The molecule has 90 valence electrons. The van der Waals surface area contributed by atoms with E-state index in [4.69, 9.17) is 14.8 Å². The zero-order valence-electron chi connectivity index (χ0n) is 10.7. The number of nitrogens with one attached hydrogen (secondary N) is 1. The summed E-state index contributed by atoms with van der Waals surface area (Å²) in [7, 11) is -0.347. The number of hydrogen-bond acceptors (Lipinski definition) is 4. The SMILES string of the molecule is CC1(C)OB(c2ccc(N=N)cc2)OC1(C)C. The van der Waals surface area contributed by atoms with E-state index < -0.39 is 0 Å². The molecule has 1 heterocycles. The summed E-state index contributed by atoms with van der Waals surface area (Å²) in [4.78, 5) is 0. The van der Waals surface area contributed by atoms with Crippen molar-refractivity contribution in [3.63, 3.8) is 0 Å². The second-order valence-electron chi connectivity index (χ2n) is 5.29. The molecule has 5 heteroatoms. The summed E-state index contributed by atoms with van der Waals surface area (Å²) in [5.74, 6) is 0. The van der Waals surface area contributed by atoms with Crippen LogP contribution in [0.15, 0.2) is 29.4 Å². The second kappa shape index (κ2) is 3.93. The molecule has 1 aliphatic heterocycles. The Morgan fingerprint density at radius 3 is 1.88 bits per heavy atom. The van der Waals surface area contributed by atoms with Crippen LogP contribution in [0.25, 0.3) is 0 Å². The standard InChI is InChI=1S/C12H17BN2O2/c1-11(2)12(3,4)17-13(16-11)9-5-7-10(15-14)8-6-9/h5-8,14H,1-4H3. The predicted molar refractivity (Wildman–Crippen MR) is 67.0 cm³/mol. The first-order chi connectivity index (χ1) is 7.86. The van der Waals surface area contributed by atoms with E-state index in [2.05, 4.69) is 5.11 Å². The Morgan fingerprint density at radius 2 is 1.47 bits per heavy atom. The molecule has 17 heavy (non-hydrogen) atoms. The molecule has 0 amide bonds. The molecule has 1 fully saturated rings. The van der Waals surface area contributed by atoms with Gasteiger partial charge in [-0.15, -0.1) is 0 Å². The van der Waals surface area contributed by atoms with Gasteiger partial charge in [-0.25, -0.2) is 5.53 Å². The van der Waals surface area contributed by atoms with Gasteiger partial charge in [0, 0.05) is 0 Å². The van der Waals surface area contributed by atoms with Gasteiger partial charge in [-0.05, 0) is 45.3 Å². The van der Waals surface area contributed by atoms with E-state index in [1.165, 1.54) is 0 Å². The van der Waals surface area contributed by atoms with E-state index in [0.717, 1.165) is 5.46 Å². The molecule has 1 aliphatic rings. The Balaban J connectivity index is 2.22. The maximum absolute atomic E-state index is 6.91. The number of nitrogens with zero attached hydrogens (tertiary/aromatic N) is 1. The second-order valence-corrected chi connectivity index (χ2v) is 5.29. The number of hydrogen-bond donors (Lipinski definition) is 1. The van der Waals surface area contributed by atoms with Crippen LogP contribution < -0.4 is 5.46 Å². The molecule has 1 N–H and O–H groups in total. The van der Waals surface area contributed by atoms with Crippen molar-refractivity contribution in [1.29, 1.82) is 5.53 Å². The summed E-state index contributed by atoms with van der Waals surface area (Å²) in [5, 5.41) is 3.36. The van der Waals surface area contributed by atoms with Crippen molar-refractivity contribution in [3.8, 4) is 0 Å². The highest BCUT2D eigenvalue weighted by molar-refractivity contribution is 6.62.